The van der Waals surface area contributed by atoms with Crippen molar-refractivity contribution < 1.29 is 17.9 Å². The van der Waals surface area contributed by atoms with Crippen LogP contribution in [0, 0.1) is 0 Å². The first-order valence-electron chi connectivity index (χ1n) is 4.37. The Morgan fingerprint density at radius 3 is 2.27 bits per heavy atom. The molecule has 1 rings (SSSR count). The minimum Gasteiger partial charge on any atom is -0.368 e. The molecule has 0 aliphatic carbocycles. The molecule has 0 spiro atoms. The van der Waals surface area contributed by atoms with Crippen LogP contribution < -0.4 is 0 Å². The van der Waals surface area contributed by atoms with Gasteiger partial charge < -0.3 is 4.74 Å². The molecule has 0 aromatic heterocycles. The number of hydrogen-bond acceptors (Lipinski definition) is 1. The minimum atomic E-state index is -4.36. The molecule has 0 fully saturated rings. The molecule has 4 heteroatoms. The van der Waals surface area contributed by atoms with Crippen molar-refractivity contribution in [2.75, 3.05) is 7.11 Å². The van der Waals surface area contributed by atoms with Gasteiger partial charge in [-0.2, -0.15) is 13.2 Å². The van der Waals surface area contributed by atoms with Gasteiger partial charge in [0.1, 0.15) is 0 Å². The Bertz CT molecular complexity index is 316. The van der Waals surface area contributed by atoms with Gasteiger partial charge in [0, 0.05) is 7.11 Å². The molecule has 1 aromatic carbocycles. The molecule has 15 heavy (non-hydrogen) atoms. The summed E-state index contributed by atoms with van der Waals surface area (Å²) in [5, 5.41) is 0. The molecule has 0 radical (unpaired) electrons. The second kappa shape index (κ2) is 4.98. The number of alkyl halides is 3. The summed E-state index contributed by atoms with van der Waals surface area (Å²) in [6, 6.07) is 8.76. The molecule has 1 atom stereocenters. The van der Waals surface area contributed by atoms with Crippen molar-refractivity contribution >= 4 is 6.08 Å². The molecule has 0 amide bonds. The van der Waals surface area contributed by atoms with Gasteiger partial charge in [-0.3, -0.25) is 0 Å². The molecule has 0 aliphatic heterocycles. The Hall–Kier alpha value is -1.29. The summed E-state index contributed by atoms with van der Waals surface area (Å²) in [6.45, 7) is 0. The van der Waals surface area contributed by atoms with Gasteiger partial charge in [-0.15, -0.1) is 0 Å². The Morgan fingerprint density at radius 2 is 1.80 bits per heavy atom. The van der Waals surface area contributed by atoms with Crippen LogP contribution in [0.4, 0.5) is 13.2 Å². The largest absolute Gasteiger partial charge is 0.418 e. The third kappa shape index (κ3) is 3.75. The highest BCUT2D eigenvalue weighted by Gasteiger charge is 2.37. The van der Waals surface area contributed by atoms with Gasteiger partial charge >= 0.3 is 6.18 Å². The fourth-order valence-corrected chi connectivity index (χ4v) is 1.08. The Labute approximate surface area is 86.2 Å². The Kier molecular flexibility index (Phi) is 3.91. The van der Waals surface area contributed by atoms with E-state index in [1.165, 1.54) is 6.08 Å². The van der Waals surface area contributed by atoms with E-state index in [2.05, 4.69) is 4.74 Å². The number of methoxy groups -OCH3 is 1. The van der Waals surface area contributed by atoms with E-state index >= 15 is 0 Å². The van der Waals surface area contributed by atoms with Crippen molar-refractivity contribution in [1.29, 1.82) is 0 Å². The van der Waals surface area contributed by atoms with Crippen LogP contribution in [0.1, 0.15) is 5.56 Å². The van der Waals surface area contributed by atoms with E-state index < -0.39 is 12.3 Å². The van der Waals surface area contributed by atoms with Crippen LogP contribution >= 0.6 is 0 Å². The van der Waals surface area contributed by atoms with Crippen molar-refractivity contribution in [2.24, 2.45) is 0 Å². The van der Waals surface area contributed by atoms with Crippen LogP contribution in [-0.2, 0) is 4.74 Å². The number of ether oxygens (including phenoxy) is 1. The molecular formula is C11H11F3O. The highest BCUT2D eigenvalue weighted by Crippen LogP contribution is 2.23. The lowest BCUT2D eigenvalue weighted by atomic mass is 10.2. The van der Waals surface area contributed by atoms with Gasteiger partial charge in [0.2, 0.25) is 0 Å². The Morgan fingerprint density at radius 1 is 1.20 bits per heavy atom. The van der Waals surface area contributed by atoms with Gasteiger partial charge in [-0.1, -0.05) is 36.4 Å². The number of halogens is 3. The second-order valence-electron chi connectivity index (χ2n) is 2.97. The quantitative estimate of drug-likeness (QED) is 0.753. The first-order valence-corrected chi connectivity index (χ1v) is 4.37. The summed E-state index contributed by atoms with van der Waals surface area (Å²) < 4.78 is 41.1. The summed E-state index contributed by atoms with van der Waals surface area (Å²) in [5.74, 6) is 0. The summed E-state index contributed by atoms with van der Waals surface area (Å²) in [5.41, 5.74) is 0.712. The van der Waals surface area contributed by atoms with Crippen LogP contribution in [0.25, 0.3) is 6.08 Å². The van der Waals surface area contributed by atoms with Crippen molar-refractivity contribution in [3.8, 4) is 0 Å². The molecule has 0 saturated carbocycles. The van der Waals surface area contributed by atoms with Crippen molar-refractivity contribution in [1.82, 2.24) is 0 Å². The van der Waals surface area contributed by atoms with Crippen LogP contribution in [0.2, 0.25) is 0 Å². The van der Waals surface area contributed by atoms with Crippen molar-refractivity contribution in [3.05, 3.63) is 42.0 Å². The molecule has 82 valence electrons. The zero-order valence-corrected chi connectivity index (χ0v) is 8.16. The molecule has 1 unspecified atom stereocenters. The zero-order chi connectivity index (χ0) is 11.3. The standard InChI is InChI=1S/C11H11F3O/c1-15-10(11(12,13)14)8-7-9-5-3-2-4-6-9/h2-8,10H,1H3. The van der Waals surface area contributed by atoms with Crippen LogP contribution in [-0.4, -0.2) is 19.4 Å². The summed E-state index contributed by atoms with van der Waals surface area (Å²) in [6.07, 6.45) is -3.82. The van der Waals surface area contributed by atoms with E-state index in [-0.39, 0.29) is 0 Å². The average molecular weight is 216 g/mol. The second-order valence-corrected chi connectivity index (χ2v) is 2.97. The third-order valence-corrected chi connectivity index (χ3v) is 1.84. The topological polar surface area (TPSA) is 9.23 Å². The molecule has 0 saturated heterocycles. The van der Waals surface area contributed by atoms with Gasteiger partial charge in [0.25, 0.3) is 0 Å². The monoisotopic (exact) mass is 216 g/mol. The molecule has 0 heterocycles. The highest BCUT2D eigenvalue weighted by atomic mass is 19.4. The smallest absolute Gasteiger partial charge is 0.368 e. The van der Waals surface area contributed by atoms with Crippen molar-refractivity contribution in [2.45, 2.75) is 12.3 Å². The summed E-state index contributed by atoms with van der Waals surface area (Å²) in [4.78, 5) is 0. The predicted octanol–water partition coefficient (Wildman–Crippen LogP) is 3.28. The number of hydrogen-bond donors (Lipinski definition) is 0. The Balaban J connectivity index is 2.72. The van der Waals surface area contributed by atoms with E-state index in [4.69, 9.17) is 0 Å². The molecular weight excluding hydrogens is 205 g/mol. The van der Waals surface area contributed by atoms with Gasteiger partial charge in [-0.25, -0.2) is 0 Å². The van der Waals surface area contributed by atoms with E-state index in [1.807, 2.05) is 0 Å². The minimum absolute atomic E-state index is 0.712. The molecule has 1 nitrogen and oxygen atoms in total. The number of rotatable bonds is 3. The molecule has 0 bridgehead atoms. The SMILES string of the molecule is COC(C=Cc1ccccc1)C(F)(F)F. The maximum absolute atomic E-state index is 12.2. The van der Waals surface area contributed by atoms with Crippen LogP contribution in [0.5, 0.6) is 0 Å². The van der Waals surface area contributed by atoms with Crippen molar-refractivity contribution in [3.63, 3.8) is 0 Å². The fourth-order valence-electron chi connectivity index (χ4n) is 1.08. The van der Waals surface area contributed by atoms with Gasteiger partial charge in [0.15, 0.2) is 6.10 Å². The third-order valence-electron chi connectivity index (χ3n) is 1.84. The summed E-state index contributed by atoms with van der Waals surface area (Å²) >= 11 is 0. The van der Waals surface area contributed by atoms with E-state index in [0.717, 1.165) is 13.2 Å². The average Bonchev–Trinajstić information content (AvgIpc) is 2.18. The normalized spacial score (nSPS) is 14.4. The van der Waals surface area contributed by atoms with E-state index in [1.54, 1.807) is 30.3 Å². The summed E-state index contributed by atoms with van der Waals surface area (Å²) in [7, 11) is 1.04. The maximum atomic E-state index is 12.2. The first-order chi connectivity index (χ1) is 7.04. The lowest BCUT2D eigenvalue weighted by Crippen LogP contribution is -2.28. The molecule has 0 N–H and O–H groups in total. The van der Waals surface area contributed by atoms with Crippen LogP contribution in [0.3, 0.4) is 0 Å². The lowest BCUT2D eigenvalue weighted by Gasteiger charge is -2.14. The van der Waals surface area contributed by atoms with Crippen LogP contribution in [0.15, 0.2) is 36.4 Å². The lowest BCUT2D eigenvalue weighted by molar-refractivity contribution is -0.196. The predicted molar refractivity (Wildman–Crippen MR) is 52.3 cm³/mol. The molecule has 1 aromatic rings. The van der Waals surface area contributed by atoms with Gasteiger partial charge in [-0.05, 0) is 11.6 Å². The maximum Gasteiger partial charge on any atom is 0.418 e. The van der Waals surface area contributed by atoms with Gasteiger partial charge in [0.05, 0.1) is 0 Å². The van der Waals surface area contributed by atoms with E-state index in [0.29, 0.717) is 5.56 Å². The zero-order valence-electron chi connectivity index (χ0n) is 8.16. The molecule has 0 aliphatic rings. The van der Waals surface area contributed by atoms with E-state index in [9.17, 15) is 13.2 Å². The number of benzene rings is 1. The fraction of sp³-hybridized carbons (Fsp3) is 0.273. The first kappa shape index (κ1) is 11.8. The highest BCUT2D eigenvalue weighted by molar-refractivity contribution is 5.49.